The maximum atomic E-state index is 12.7. The predicted octanol–water partition coefficient (Wildman–Crippen LogP) is 1.51. The number of carbonyl (C=O) groups excluding carboxylic acids is 2. The molecule has 1 aromatic rings. The zero-order chi connectivity index (χ0) is 18.7. The average molecular weight is 378 g/mol. The van der Waals surface area contributed by atoms with Gasteiger partial charge in [-0.3, -0.25) is 14.4 Å². The van der Waals surface area contributed by atoms with Crippen molar-refractivity contribution in [2.24, 2.45) is 5.92 Å². The minimum Gasteiger partial charge on any atom is -0.481 e. The van der Waals surface area contributed by atoms with Crippen LogP contribution in [0.1, 0.15) is 19.3 Å². The molecule has 2 heterocycles. The number of hydrogen-bond donors (Lipinski definition) is 2. The van der Waals surface area contributed by atoms with Crippen molar-refractivity contribution >= 4 is 35.2 Å². The van der Waals surface area contributed by atoms with Crippen molar-refractivity contribution in [3.05, 3.63) is 24.3 Å². The molecule has 0 aliphatic carbocycles. The highest BCUT2D eigenvalue weighted by Gasteiger charge is 2.42. The Morgan fingerprint density at radius 2 is 2.12 bits per heavy atom. The number of nitrogens with zero attached hydrogens (tertiary/aromatic N) is 1. The molecule has 0 spiro atoms. The lowest BCUT2D eigenvalue weighted by Gasteiger charge is -2.28. The van der Waals surface area contributed by atoms with E-state index in [-0.39, 0.29) is 31.3 Å². The number of carbonyl (C=O) groups is 3. The fraction of sp³-hybridized carbons (Fsp3) is 0.500. The lowest BCUT2D eigenvalue weighted by atomic mass is 9.93. The first kappa shape index (κ1) is 18.7. The zero-order valence-electron chi connectivity index (χ0n) is 14.6. The van der Waals surface area contributed by atoms with Crippen molar-refractivity contribution < 1.29 is 24.2 Å². The number of hydrogen-bond acceptors (Lipinski definition) is 5. The van der Waals surface area contributed by atoms with Crippen molar-refractivity contribution in [2.45, 2.75) is 29.7 Å². The number of amides is 2. The number of anilines is 1. The third kappa shape index (κ3) is 4.02. The van der Waals surface area contributed by atoms with Gasteiger partial charge < -0.3 is 20.1 Å². The molecular weight excluding hydrogens is 356 g/mol. The first-order valence-corrected chi connectivity index (χ1v) is 9.71. The number of thioether (sulfide) groups is 1. The normalized spacial score (nSPS) is 25.5. The van der Waals surface area contributed by atoms with Crippen LogP contribution >= 0.6 is 11.8 Å². The summed E-state index contributed by atoms with van der Waals surface area (Å²) in [4.78, 5) is 38.9. The summed E-state index contributed by atoms with van der Waals surface area (Å²) in [7, 11) is 0. The summed E-state index contributed by atoms with van der Waals surface area (Å²) in [6, 6.07) is 7.64. The standard InChI is InChI=1S/C18H22N2O5S/c1-26-14-4-2-13(3-5-14)20-10-12(8-15(20)21)17(24)19-18(9-16(22)23)6-7-25-11-18/h2-5,12H,6-11H2,1H3,(H,19,24)(H,22,23). The molecule has 2 unspecified atom stereocenters. The summed E-state index contributed by atoms with van der Waals surface area (Å²) in [5.74, 6) is -1.85. The number of nitrogens with one attached hydrogen (secondary N) is 1. The molecule has 7 nitrogen and oxygen atoms in total. The number of carboxylic acid groups (broad SMARTS) is 1. The van der Waals surface area contributed by atoms with Gasteiger partial charge in [-0.1, -0.05) is 0 Å². The molecule has 2 aliphatic heterocycles. The molecule has 2 atom stereocenters. The SMILES string of the molecule is CSc1ccc(N2CC(C(=O)NC3(CC(=O)O)CCOC3)CC2=O)cc1. The van der Waals surface area contributed by atoms with E-state index in [1.54, 1.807) is 16.7 Å². The minimum atomic E-state index is -0.978. The van der Waals surface area contributed by atoms with E-state index in [2.05, 4.69) is 5.32 Å². The van der Waals surface area contributed by atoms with E-state index >= 15 is 0 Å². The van der Waals surface area contributed by atoms with E-state index in [0.717, 1.165) is 10.6 Å². The molecule has 26 heavy (non-hydrogen) atoms. The second-order valence-electron chi connectivity index (χ2n) is 6.75. The van der Waals surface area contributed by atoms with E-state index < -0.39 is 17.4 Å². The monoisotopic (exact) mass is 378 g/mol. The van der Waals surface area contributed by atoms with Gasteiger partial charge >= 0.3 is 5.97 Å². The fourth-order valence-electron chi connectivity index (χ4n) is 3.44. The van der Waals surface area contributed by atoms with E-state index in [0.29, 0.717) is 19.6 Å². The van der Waals surface area contributed by atoms with Crippen LogP contribution < -0.4 is 10.2 Å². The second kappa shape index (κ2) is 7.67. The van der Waals surface area contributed by atoms with Crippen LogP contribution in [0.25, 0.3) is 0 Å². The van der Waals surface area contributed by atoms with Gasteiger partial charge in [0.1, 0.15) is 0 Å². The highest BCUT2D eigenvalue weighted by molar-refractivity contribution is 7.98. The van der Waals surface area contributed by atoms with Crippen molar-refractivity contribution in [1.82, 2.24) is 5.32 Å². The first-order valence-electron chi connectivity index (χ1n) is 8.48. The molecule has 1 aromatic carbocycles. The third-order valence-electron chi connectivity index (χ3n) is 4.86. The summed E-state index contributed by atoms with van der Waals surface area (Å²) in [6.07, 6.45) is 2.39. The number of ether oxygens (including phenoxy) is 1. The van der Waals surface area contributed by atoms with Gasteiger partial charge in [-0.15, -0.1) is 11.8 Å². The summed E-state index contributed by atoms with van der Waals surface area (Å²) in [5, 5.41) is 12.0. The Hall–Kier alpha value is -2.06. The topological polar surface area (TPSA) is 95.9 Å². The Morgan fingerprint density at radius 3 is 2.69 bits per heavy atom. The summed E-state index contributed by atoms with van der Waals surface area (Å²) in [6.45, 7) is 0.907. The highest BCUT2D eigenvalue weighted by Crippen LogP contribution is 2.29. The first-order chi connectivity index (χ1) is 12.4. The van der Waals surface area contributed by atoms with Crippen LogP contribution in [-0.2, 0) is 19.1 Å². The molecule has 0 bridgehead atoms. The second-order valence-corrected chi connectivity index (χ2v) is 7.63. The molecule has 2 aliphatic rings. The molecule has 140 valence electrons. The molecule has 8 heteroatoms. The Balaban J connectivity index is 1.67. The fourth-order valence-corrected chi connectivity index (χ4v) is 3.85. The van der Waals surface area contributed by atoms with Gasteiger partial charge in [0, 0.05) is 30.2 Å². The Labute approximate surface area is 156 Å². The Kier molecular flexibility index (Phi) is 5.52. The van der Waals surface area contributed by atoms with Crippen molar-refractivity contribution in [2.75, 3.05) is 30.9 Å². The van der Waals surface area contributed by atoms with Crippen LogP contribution in [-0.4, -0.2) is 54.4 Å². The van der Waals surface area contributed by atoms with E-state index in [4.69, 9.17) is 9.84 Å². The molecule has 2 saturated heterocycles. The zero-order valence-corrected chi connectivity index (χ0v) is 15.4. The smallest absolute Gasteiger partial charge is 0.305 e. The lowest BCUT2D eigenvalue weighted by Crippen LogP contribution is -2.52. The van der Waals surface area contributed by atoms with Gasteiger partial charge in [0.05, 0.1) is 24.5 Å². The number of rotatable bonds is 6. The Bertz CT molecular complexity index is 700. The van der Waals surface area contributed by atoms with Crippen molar-refractivity contribution in [3.8, 4) is 0 Å². The molecule has 0 radical (unpaired) electrons. The lowest BCUT2D eigenvalue weighted by molar-refractivity contribution is -0.139. The molecule has 2 amide bonds. The van der Waals surface area contributed by atoms with Crippen LogP contribution in [0.4, 0.5) is 5.69 Å². The van der Waals surface area contributed by atoms with E-state index in [1.807, 2.05) is 30.5 Å². The van der Waals surface area contributed by atoms with Gasteiger partial charge in [0.25, 0.3) is 0 Å². The van der Waals surface area contributed by atoms with Crippen molar-refractivity contribution in [3.63, 3.8) is 0 Å². The number of benzene rings is 1. The number of aliphatic carboxylic acids is 1. The van der Waals surface area contributed by atoms with Crippen LogP contribution in [0.2, 0.25) is 0 Å². The average Bonchev–Trinajstić information content (AvgIpc) is 3.21. The summed E-state index contributed by atoms with van der Waals surface area (Å²) >= 11 is 1.62. The minimum absolute atomic E-state index is 0.1000. The largest absolute Gasteiger partial charge is 0.481 e. The van der Waals surface area contributed by atoms with Crippen LogP contribution in [0.15, 0.2) is 29.2 Å². The van der Waals surface area contributed by atoms with Gasteiger partial charge in [-0.25, -0.2) is 0 Å². The summed E-state index contributed by atoms with van der Waals surface area (Å²) in [5.41, 5.74) is -0.105. The van der Waals surface area contributed by atoms with Crippen LogP contribution in [0, 0.1) is 5.92 Å². The molecule has 2 fully saturated rings. The van der Waals surface area contributed by atoms with Crippen LogP contribution in [0.3, 0.4) is 0 Å². The maximum absolute atomic E-state index is 12.7. The van der Waals surface area contributed by atoms with E-state index in [1.165, 1.54) is 0 Å². The predicted molar refractivity (Wildman–Crippen MR) is 97.2 cm³/mol. The van der Waals surface area contributed by atoms with Crippen LogP contribution in [0.5, 0.6) is 0 Å². The highest BCUT2D eigenvalue weighted by atomic mass is 32.2. The third-order valence-corrected chi connectivity index (χ3v) is 5.60. The van der Waals surface area contributed by atoms with Gasteiger partial charge in [-0.2, -0.15) is 0 Å². The molecule has 0 aromatic heterocycles. The maximum Gasteiger partial charge on any atom is 0.305 e. The molecule has 3 rings (SSSR count). The van der Waals surface area contributed by atoms with Gasteiger partial charge in [0.2, 0.25) is 11.8 Å². The molecule has 0 saturated carbocycles. The quantitative estimate of drug-likeness (QED) is 0.729. The Morgan fingerprint density at radius 1 is 1.38 bits per heavy atom. The molecular formula is C18H22N2O5S. The summed E-state index contributed by atoms with van der Waals surface area (Å²) < 4.78 is 5.30. The van der Waals surface area contributed by atoms with Gasteiger partial charge in [0.15, 0.2) is 0 Å². The van der Waals surface area contributed by atoms with Crippen molar-refractivity contribution in [1.29, 1.82) is 0 Å². The number of carboxylic acids is 1. The molecule has 2 N–H and O–H groups in total. The van der Waals surface area contributed by atoms with E-state index in [9.17, 15) is 14.4 Å². The van der Waals surface area contributed by atoms with Gasteiger partial charge in [-0.05, 0) is 36.9 Å².